The van der Waals surface area contributed by atoms with Crippen molar-refractivity contribution in [3.8, 4) is 17.3 Å². The molecule has 0 bridgehead atoms. The number of rotatable bonds is 6. The summed E-state index contributed by atoms with van der Waals surface area (Å²) < 4.78 is 16.0. The van der Waals surface area contributed by atoms with Crippen LogP contribution in [0, 0.1) is 0 Å². The standard InChI is InChI=1S/C15H15N3O3/c1-2-19-12-7-4-3-6-11(12)16-10-14-17-15(18-21-14)13-8-5-9-20-13/h3-9,16H,2,10H2,1H3. The molecular weight excluding hydrogens is 270 g/mol. The zero-order valence-corrected chi connectivity index (χ0v) is 11.6. The monoisotopic (exact) mass is 285 g/mol. The van der Waals surface area contributed by atoms with Gasteiger partial charge < -0.3 is 19.0 Å². The van der Waals surface area contributed by atoms with Crippen molar-refractivity contribution in [1.29, 1.82) is 0 Å². The molecule has 0 saturated carbocycles. The van der Waals surface area contributed by atoms with E-state index in [1.807, 2.05) is 31.2 Å². The van der Waals surface area contributed by atoms with Gasteiger partial charge in [0.15, 0.2) is 5.76 Å². The van der Waals surface area contributed by atoms with E-state index in [1.165, 1.54) is 0 Å². The average Bonchev–Trinajstić information content (AvgIpc) is 3.18. The van der Waals surface area contributed by atoms with Crippen molar-refractivity contribution in [3.05, 3.63) is 48.6 Å². The van der Waals surface area contributed by atoms with Gasteiger partial charge in [-0.15, -0.1) is 0 Å². The molecule has 0 spiro atoms. The molecule has 0 aliphatic carbocycles. The molecule has 1 N–H and O–H groups in total. The van der Waals surface area contributed by atoms with Gasteiger partial charge in [-0.25, -0.2) is 0 Å². The van der Waals surface area contributed by atoms with E-state index in [0.29, 0.717) is 30.6 Å². The van der Waals surface area contributed by atoms with Crippen molar-refractivity contribution in [2.24, 2.45) is 0 Å². The van der Waals surface area contributed by atoms with Crippen molar-refractivity contribution < 1.29 is 13.7 Å². The Hall–Kier alpha value is -2.76. The van der Waals surface area contributed by atoms with Gasteiger partial charge in [-0.3, -0.25) is 0 Å². The lowest BCUT2D eigenvalue weighted by Crippen LogP contribution is -2.02. The Morgan fingerprint density at radius 1 is 1.19 bits per heavy atom. The van der Waals surface area contributed by atoms with Crippen LogP contribution < -0.4 is 10.1 Å². The Balaban J connectivity index is 1.68. The molecule has 0 aliphatic heterocycles. The van der Waals surface area contributed by atoms with E-state index in [4.69, 9.17) is 13.7 Å². The zero-order chi connectivity index (χ0) is 14.5. The summed E-state index contributed by atoms with van der Waals surface area (Å²) in [6.45, 7) is 2.98. The maximum Gasteiger partial charge on any atom is 0.246 e. The van der Waals surface area contributed by atoms with Crippen LogP contribution in [0.5, 0.6) is 5.75 Å². The molecule has 1 aromatic carbocycles. The third kappa shape index (κ3) is 3.05. The lowest BCUT2D eigenvalue weighted by atomic mass is 10.3. The predicted molar refractivity (Wildman–Crippen MR) is 76.9 cm³/mol. The highest BCUT2D eigenvalue weighted by Crippen LogP contribution is 2.24. The lowest BCUT2D eigenvalue weighted by Gasteiger charge is -2.10. The predicted octanol–water partition coefficient (Wildman–Crippen LogP) is 3.34. The number of para-hydroxylation sites is 2. The number of nitrogens with zero attached hydrogens (tertiary/aromatic N) is 2. The molecule has 0 atom stereocenters. The molecule has 0 aliphatic rings. The van der Waals surface area contributed by atoms with Crippen molar-refractivity contribution in [2.45, 2.75) is 13.5 Å². The SMILES string of the molecule is CCOc1ccccc1NCc1nc(-c2ccco2)no1. The first-order valence-electron chi connectivity index (χ1n) is 6.69. The first-order chi connectivity index (χ1) is 10.4. The Bertz CT molecular complexity index is 692. The third-order valence-electron chi connectivity index (χ3n) is 2.83. The van der Waals surface area contributed by atoms with Crippen LogP contribution in [0.4, 0.5) is 5.69 Å². The van der Waals surface area contributed by atoms with Gasteiger partial charge in [0.25, 0.3) is 0 Å². The van der Waals surface area contributed by atoms with Crippen LogP contribution >= 0.6 is 0 Å². The molecule has 6 heteroatoms. The van der Waals surface area contributed by atoms with E-state index in [9.17, 15) is 0 Å². The molecule has 2 aromatic heterocycles. The second-order valence-electron chi connectivity index (χ2n) is 4.27. The smallest absolute Gasteiger partial charge is 0.246 e. The minimum Gasteiger partial charge on any atom is -0.492 e. The van der Waals surface area contributed by atoms with Crippen LogP contribution in [0.2, 0.25) is 0 Å². The van der Waals surface area contributed by atoms with Crippen LogP contribution in [0.1, 0.15) is 12.8 Å². The van der Waals surface area contributed by atoms with E-state index in [-0.39, 0.29) is 0 Å². The fraction of sp³-hybridized carbons (Fsp3) is 0.200. The molecule has 3 rings (SSSR count). The molecule has 0 fully saturated rings. The Morgan fingerprint density at radius 3 is 2.90 bits per heavy atom. The zero-order valence-electron chi connectivity index (χ0n) is 11.6. The van der Waals surface area contributed by atoms with Crippen molar-refractivity contribution >= 4 is 5.69 Å². The molecule has 0 saturated heterocycles. The first kappa shape index (κ1) is 13.2. The van der Waals surface area contributed by atoms with Crippen molar-refractivity contribution in [3.63, 3.8) is 0 Å². The molecule has 108 valence electrons. The highest BCUT2D eigenvalue weighted by Gasteiger charge is 2.11. The number of nitrogens with one attached hydrogen (secondary N) is 1. The minimum absolute atomic E-state index is 0.414. The lowest BCUT2D eigenvalue weighted by molar-refractivity contribution is 0.341. The number of hydrogen-bond donors (Lipinski definition) is 1. The molecule has 0 amide bonds. The Morgan fingerprint density at radius 2 is 2.10 bits per heavy atom. The molecule has 2 heterocycles. The number of furan rings is 1. The van der Waals surface area contributed by atoms with Gasteiger partial charge in [-0.05, 0) is 31.2 Å². The number of hydrogen-bond acceptors (Lipinski definition) is 6. The highest BCUT2D eigenvalue weighted by molar-refractivity contribution is 5.56. The number of aromatic nitrogens is 2. The average molecular weight is 285 g/mol. The van der Waals surface area contributed by atoms with E-state index in [2.05, 4.69) is 15.5 Å². The van der Waals surface area contributed by atoms with Crippen LogP contribution in [-0.2, 0) is 6.54 Å². The molecule has 0 unspecified atom stereocenters. The summed E-state index contributed by atoms with van der Waals surface area (Å²) in [4.78, 5) is 4.27. The molecule has 0 radical (unpaired) electrons. The molecule has 3 aromatic rings. The van der Waals surface area contributed by atoms with Gasteiger partial charge in [0.05, 0.1) is 25.1 Å². The van der Waals surface area contributed by atoms with Gasteiger partial charge in [-0.1, -0.05) is 17.3 Å². The van der Waals surface area contributed by atoms with Crippen molar-refractivity contribution in [1.82, 2.24) is 10.1 Å². The quantitative estimate of drug-likeness (QED) is 0.748. The minimum atomic E-state index is 0.414. The third-order valence-corrected chi connectivity index (χ3v) is 2.83. The summed E-state index contributed by atoms with van der Waals surface area (Å²) in [5.74, 6) is 2.30. The number of ether oxygens (including phenoxy) is 1. The van der Waals surface area contributed by atoms with Crippen LogP contribution in [0.15, 0.2) is 51.6 Å². The van der Waals surface area contributed by atoms with Crippen LogP contribution in [-0.4, -0.2) is 16.7 Å². The van der Waals surface area contributed by atoms with Crippen LogP contribution in [0.3, 0.4) is 0 Å². The summed E-state index contributed by atoms with van der Waals surface area (Å²) in [5, 5.41) is 7.10. The summed E-state index contributed by atoms with van der Waals surface area (Å²) in [6.07, 6.45) is 1.57. The normalized spacial score (nSPS) is 10.5. The van der Waals surface area contributed by atoms with E-state index >= 15 is 0 Å². The van der Waals surface area contributed by atoms with E-state index in [1.54, 1.807) is 18.4 Å². The van der Waals surface area contributed by atoms with Gasteiger partial charge in [0, 0.05) is 0 Å². The molecule has 21 heavy (non-hydrogen) atoms. The topological polar surface area (TPSA) is 73.3 Å². The molecular formula is C15H15N3O3. The molecule has 6 nitrogen and oxygen atoms in total. The van der Waals surface area contributed by atoms with Crippen molar-refractivity contribution in [2.75, 3.05) is 11.9 Å². The van der Waals surface area contributed by atoms with Crippen LogP contribution in [0.25, 0.3) is 11.6 Å². The highest BCUT2D eigenvalue weighted by atomic mass is 16.5. The van der Waals surface area contributed by atoms with Gasteiger partial charge >= 0.3 is 0 Å². The van der Waals surface area contributed by atoms with E-state index in [0.717, 1.165) is 11.4 Å². The fourth-order valence-corrected chi connectivity index (χ4v) is 1.90. The summed E-state index contributed by atoms with van der Waals surface area (Å²) >= 11 is 0. The number of anilines is 1. The first-order valence-corrected chi connectivity index (χ1v) is 6.69. The van der Waals surface area contributed by atoms with Gasteiger partial charge in [0.2, 0.25) is 11.7 Å². The second-order valence-corrected chi connectivity index (χ2v) is 4.27. The maximum atomic E-state index is 5.55. The van der Waals surface area contributed by atoms with Gasteiger partial charge in [-0.2, -0.15) is 4.98 Å². The second kappa shape index (κ2) is 6.13. The Labute approximate surface area is 121 Å². The maximum absolute atomic E-state index is 5.55. The van der Waals surface area contributed by atoms with Gasteiger partial charge in [0.1, 0.15) is 5.75 Å². The Kier molecular flexibility index (Phi) is 3.86. The summed E-state index contributed by atoms with van der Waals surface area (Å²) in [6, 6.07) is 11.3. The summed E-state index contributed by atoms with van der Waals surface area (Å²) in [5.41, 5.74) is 0.886. The summed E-state index contributed by atoms with van der Waals surface area (Å²) in [7, 11) is 0. The number of benzene rings is 1. The van der Waals surface area contributed by atoms with E-state index < -0.39 is 0 Å². The fourth-order valence-electron chi connectivity index (χ4n) is 1.90. The largest absolute Gasteiger partial charge is 0.492 e.